The highest BCUT2D eigenvalue weighted by molar-refractivity contribution is 6.32. The number of aryl methyl sites for hydroxylation is 1. The molecule has 2 aromatic carbocycles. The molecular weight excluding hydrogens is 484 g/mol. The predicted octanol–water partition coefficient (Wildman–Crippen LogP) is 5.89. The minimum Gasteiger partial charge on any atom is -0.493 e. The Kier molecular flexibility index (Phi) is 8.26. The number of aromatic amines is 1. The summed E-state index contributed by atoms with van der Waals surface area (Å²) in [6.45, 7) is 7.42. The molecule has 1 saturated heterocycles. The second-order valence-corrected chi connectivity index (χ2v) is 11.0. The number of piperazine rings is 1. The quantitative estimate of drug-likeness (QED) is 0.387. The number of hydrogen-bond donors (Lipinski definition) is 2. The molecule has 1 amide bonds. The summed E-state index contributed by atoms with van der Waals surface area (Å²) in [5.41, 5.74) is 4.04. The number of H-pyrrole nitrogens is 1. The Morgan fingerprint density at radius 2 is 1.84 bits per heavy atom. The van der Waals surface area contributed by atoms with Crippen molar-refractivity contribution in [2.45, 2.75) is 51.5 Å². The minimum absolute atomic E-state index is 0.0138. The van der Waals surface area contributed by atoms with E-state index in [0.29, 0.717) is 10.7 Å². The zero-order valence-corrected chi connectivity index (χ0v) is 22.8. The van der Waals surface area contributed by atoms with Crippen LogP contribution in [0, 0.1) is 5.92 Å². The van der Waals surface area contributed by atoms with Gasteiger partial charge in [-0.05, 0) is 80.8 Å². The van der Waals surface area contributed by atoms with E-state index in [1.165, 1.54) is 24.8 Å². The molecule has 6 nitrogen and oxygen atoms in total. The van der Waals surface area contributed by atoms with Gasteiger partial charge in [0.15, 0.2) is 5.75 Å². The molecule has 0 bridgehead atoms. The Morgan fingerprint density at radius 1 is 1.08 bits per heavy atom. The Balaban J connectivity index is 1.05. The van der Waals surface area contributed by atoms with Gasteiger partial charge in [-0.2, -0.15) is 0 Å². The molecule has 7 heteroatoms. The lowest BCUT2D eigenvalue weighted by Crippen LogP contribution is -2.47. The van der Waals surface area contributed by atoms with Gasteiger partial charge >= 0.3 is 0 Å². The van der Waals surface area contributed by atoms with Crippen LogP contribution in [0.25, 0.3) is 10.9 Å². The third-order valence-electron chi connectivity index (χ3n) is 8.22. The van der Waals surface area contributed by atoms with E-state index in [2.05, 4.69) is 33.1 Å². The monoisotopic (exact) mass is 522 g/mol. The molecule has 37 heavy (non-hydrogen) atoms. The van der Waals surface area contributed by atoms with E-state index < -0.39 is 0 Å². The standard InChI is InChI=1S/C30H39ClN4O2/c1-3-21-18-25(31)29(37-2)28(19-21)35-16-14-34(15-17-35)13-12-22-8-10-24(11-9-22)32-30(36)27-20-23-6-4-5-7-26(23)33-27/h4-7,18-20,22,24,33H,3,8-17H2,1-2H3,(H,32,36)/t22-,24-. The zero-order valence-electron chi connectivity index (χ0n) is 22.1. The zero-order chi connectivity index (χ0) is 25.8. The molecular formula is C30H39ClN4O2. The molecule has 2 heterocycles. The van der Waals surface area contributed by atoms with Crippen molar-refractivity contribution in [3.63, 3.8) is 0 Å². The summed E-state index contributed by atoms with van der Waals surface area (Å²) in [7, 11) is 1.70. The van der Waals surface area contributed by atoms with Crippen LogP contribution >= 0.6 is 11.6 Å². The first-order valence-corrected chi connectivity index (χ1v) is 14.1. The number of aromatic nitrogens is 1. The van der Waals surface area contributed by atoms with Gasteiger partial charge in [-0.3, -0.25) is 9.69 Å². The number of nitrogens with one attached hydrogen (secondary N) is 2. The SMILES string of the molecule is CCc1cc(Cl)c(OC)c(N2CCN(CC[C@H]3CC[C@H](NC(=O)c4cc5ccccc5[nH]4)CC3)CC2)c1. The number of halogens is 1. The molecule has 5 rings (SSSR count). The second-order valence-electron chi connectivity index (χ2n) is 10.6. The first kappa shape index (κ1) is 25.9. The number of anilines is 1. The summed E-state index contributed by atoms with van der Waals surface area (Å²) in [6, 6.07) is 14.5. The minimum atomic E-state index is 0.0138. The van der Waals surface area contributed by atoms with Gasteiger partial charge in [0.2, 0.25) is 0 Å². The lowest BCUT2D eigenvalue weighted by atomic mass is 9.84. The predicted molar refractivity (Wildman–Crippen MR) is 152 cm³/mol. The van der Waals surface area contributed by atoms with E-state index in [1.807, 2.05) is 36.4 Å². The van der Waals surface area contributed by atoms with Crippen molar-refractivity contribution >= 4 is 34.1 Å². The van der Waals surface area contributed by atoms with Crippen LogP contribution in [0.3, 0.4) is 0 Å². The number of benzene rings is 2. The molecule has 2 aliphatic rings. The highest BCUT2D eigenvalue weighted by Gasteiger charge is 2.25. The Labute approximate surface area is 225 Å². The van der Waals surface area contributed by atoms with Crippen molar-refractivity contribution in [1.82, 2.24) is 15.2 Å². The van der Waals surface area contributed by atoms with Crippen LogP contribution in [-0.4, -0.2) is 61.7 Å². The molecule has 3 aromatic rings. The first-order chi connectivity index (χ1) is 18.0. The van der Waals surface area contributed by atoms with Crippen LogP contribution in [0.15, 0.2) is 42.5 Å². The maximum Gasteiger partial charge on any atom is 0.267 e. The number of fused-ring (bicyclic) bond motifs is 1. The smallest absolute Gasteiger partial charge is 0.267 e. The van der Waals surface area contributed by atoms with Gasteiger partial charge in [0.1, 0.15) is 5.69 Å². The average Bonchev–Trinajstić information content (AvgIpc) is 3.37. The molecule has 2 fully saturated rings. The van der Waals surface area contributed by atoms with Gasteiger partial charge in [-0.1, -0.05) is 36.7 Å². The maximum atomic E-state index is 12.8. The van der Waals surface area contributed by atoms with Crippen molar-refractivity contribution < 1.29 is 9.53 Å². The fourth-order valence-electron chi connectivity index (χ4n) is 5.91. The van der Waals surface area contributed by atoms with Gasteiger partial charge < -0.3 is 19.9 Å². The van der Waals surface area contributed by atoms with Crippen LogP contribution in [0.4, 0.5) is 5.69 Å². The maximum absolute atomic E-state index is 12.8. The van der Waals surface area contributed by atoms with Crippen LogP contribution in [-0.2, 0) is 6.42 Å². The average molecular weight is 523 g/mol. The highest BCUT2D eigenvalue weighted by atomic mass is 35.5. The number of methoxy groups -OCH3 is 1. The summed E-state index contributed by atoms with van der Waals surface area (Å²) in [4.78, 5) is 21.0. The number of amides is 1. The van der Waals surface area contributed by atoms with Crippen molar-refractivity contribution in [2.24, 2.45) is 5.92 Å². The summed E-state index contributed by atoms with van der Waals surface area (Å²) in [5, 5.41) is 5.04. The van der Waals surface area contributed by atoms with E-state index in [9.17, 15) is 4.79 Å². The third kappa shape index (κ3) is 6.07. The summed E-state index contributed by atoms with van der Waals surface area (Å²) >= 11 is 6.50. The van der Waals surface area contributed by atoms with E-state index in [0.717, 1.165) is 80.2 Å². The van der Waals surface area contributed by atoms with E-state index >= 15 is 0 Å². The first-order valence-electron chi connectivity index (χ1n) is 13.8. The number of carbonyl (C=O) groups excluding carboxylic acids is 1. The van der Waals surface area contributed by atoms with Gasteiger partial charge in [-0.25, -0.2) is 0 Å². The molecule has 0 atom stereocenters. The Hall–Kier alpha value is -2.70. The van der Waals surface area contributed by atoms with E-state index in [4.69, 9.17) is 16.3 Å². The molecule has 1 aliphatic carbocycles. The number of carbonyl (C=O) groups is 1. The molecule has 198 valence electrons. The molecule has 1 saturated carbocycles. The number of hydrogen-bond acceptors (Lipinski definition) is 4. The van der Waals surface area contributed by atoms with Gasteiger partial charge in [0.05, 0.1) is 17.8 Å². The number of rotatable bonds is 8. The van der Waals surface area contributed by atoms with Crippen LogP contribution in [0.5, 0.6) is 5.75 Å². The number of para-hydroxylation sites is 1. The van der Waals surface area contributed by atoms with Gasteiger partial charge in [-0.15, -0.1) is 0 Å². The molecule has 0 unspecified atom stereocenters. The van der Waals surface area contributed by atoms with Crippen LogP contribution in [0.1, 0.15) is 55.1 Å². The van der Waals surface area contributed by atoms with Crippen molar-refractivity contribution in [3.8, 4) is 5.75 Å². The molecule has 1 aromatic heterocycles. The van der Waals surface area contributed by atoms with Crippen molar-refractivity contribution in [2.75, 3.05) is 44.7 Å². The van der Waals surface area contributed by atoms with Gasteiger partial charge in [0.25, 0.3) is 5.91 Å². The largest absolute Gasteiger partial charge is 0.493 e. The second kappa shape index (κ2) is 11.8. The lowest BCUT2D eigenvalue weighted by molar-refractivity contribution is 0.0915. The van der Waals surface area contributed by atoms with Crippen molar-refractivity contribution in [3.05, 3.63) is 58.7 Å². The number of nitrogens with zero attached hydrogens (tertiary/aromatic N) is 2. The fraction of sp³-hybridized carbons (Fsp3) is 0.500. The Bertz CT molecular complexity index is 1180. The summed E-state index contributed by atoms with van der Waals surface area (Å²) in [5.74, 6) is 1.56. The van der Waals surface area contributed by atoms with Gasteiger partial charge in [0, 0.05) is 43.1 Å². The van der Waals surface area contributed by atoms with Crippen LogP contribution in [0.2, 0.25) is 5.02 Å². The van der Waals surface area contributed by atoms with Crippen molar-refractivity contribution in [1.29, 1.82) is 0 Å². The highest BCUT2D eigenvalue weighted by Crippen LogP contribution is 2.37. The van der Waals surface area contributed by atoms with Crippen LogP contribution < -0.4 is 15.0 Å². The number of ether oxygens (including phenoxy) is 1. The molecule has 2 N–H and O–H groups in total. The topological polar surface area (TPSA) is 60.6 Å². The third-order valence-corrected chi connectivity index (χ3v) is 8.50. The molecule has 0 spiro atoms. The summed E-state index contributed by atoms with van der Waals surface area (Å²) < 4.78 is 5.64. The Morgan fingerprint density at radius 3 is 2.54 bits per heavy atom. The normalized spacial score (nSPS) is 20.8. The summed E-state index contributed by atoms with van der Waals surface area (Å²) in [6.07, 6.45) is 6.72. The lowest BCUT2D eigenvalue weighted by Gasteiger charge is -2.38. The fourth-order valence-corrected chi connectivity index (χ4v) is 6.22. The van der Waals surface area contributed by atoms with E-state index in [1.54, 1.807) is 7.11 Å². The molecule has 1 aliphatic heterocycles. The molecule has 0 radical (unpaired) electrons. The van der Waals surface area contributed by atoms with E-state index in [-0.39, 0.29) is 11.9 Å².